The van der Waals surface area contributed by atoms with Gasteiger partial charge in [0.25, 0.3) is 0 Å². The fraction of sp³-hybridized carbons (Fsp3) is 0.286. The number of halogens is 1. The third-order valence-electron chi connectivity index (χ3n) is 3.31. The van der Waals surface area contributed by atoms with Crippen LogP contribution in [0.4, 0.5) is 5.82 Å². The predicted molar refractivity (Wildman–Crippen MR) is 72.9 cm³/mol. The largest absolute Gasteiger partial charge is 0.357 e. The van der Waals surface area contributed by atoms with Crippen LogP contribution in [0.15, 0.2) is 24.3 Å². The number of pyridine rings is 1. The van der Waals surface area contributed by atoms with E-state index in [0.29, 0.717) is 10.6 Å². The third-order valence-corrected chi connectivity index (χ3v) is 3.54. The fourth-order valence-corrected chi connectivity index (χ4v) is 2.56. The Labute approximate surface area is 111 Å². The highest BCUT2D eigenvalue weighted by molar-refractivity contribution is 6.31. The molecule has 1 aliphatic rings. The maximum absolute atomic E-state index is 9.25. The van der Waals surface area contributed by atoms with Crippen molar-refractivity contribution in [1.29, 1.82) is 5.26 Å². The molecule has 1 saturated heterocycles. The summed E-state index contributed by atoms with van der Waals surface area (Å²) >= 11 is 5.97. The van der Waals surface area contributed by atoms with E-state index in [1.165, 1.54) is 12.8 Å². The zero-order chi connectivity index (χ0) is 12.5. The molecule has 0 spiro atoms. The summed E-state index contributed by atoms with van der Waals surface area (Å²) in [4.78, 5) is 6.85. The highest BCUT2D eigenvalue weighted by Crippen LogP contribution is 2.26. The van der Waals surface area contributed by atoms with Gasteiger partial charge in [-0.3, -0.25) is 0 Å². The van der Waals surface area contributed by atoms with Gasteiger partial charge >= 0.3 is 0 Å². The molecule has 1 aromatic carbocycles. The zero-order valence-corrected chi connectivity index (χ0v) is 10.6. The minimum absolute atomic E-state index is 0.634. The summed E-state index contributed by atoms with van der Waals surface area (Å²) in [6.07, 6.45) is 2.39. The van der Waals surface area contributed by atoms with Gasteiger partial charge in [0.05, 0.1) is 17.1 Å². The summed E-state index contributed by atoms with van der Waals surface area (Å²) in [7, 11) is 0. The molecule has 0 aliphatic carbocycles. The standard InChI is InChI=1S/C14H12ClN3/c15-11-3-4-13-12(8-11)10(9-16)7-14(17-13)18-5-1-2-6-18/h3-4,7-8H,1-2,5-6H2. The summed E-state index contributed by atoms with van der Waals surface area (Å²) in [6.45, 7) is 2.05. The van der Waals surface area contributed by atoms with Crippen molar-refractivity contribution in [3.63, 3.8) is 0 Å². The molecule has 1 aromatic heterocycles. The Morgan fingerprint density at radius 2 is 2.00 bits per heavy atom. The van der Waals surface area contributed by atoms with E-state index in [1.54, 1.807) is 6.07 Å². The number of hydrogen-bond donors (Lipinski definition) is 0. The Morgan fingerprint density at radius 3 is 2.72 bits per heavy atom. The Hall–Kier alpha value is -1.79. The van der Waals surface area contributed by atoms with Gasteiger partial charge in [-0.1, -0.05) is 11.6 Å². The van der Waals surface area contributed by atoms with Crippen LogP contribution in [0.1, 0.15) is 18.4 Å². The fourth-order valence-electron chi connectivity index (χ4n) is 2.38. The normalized spacial score (nSPS) is 15.0. The SMILES string of the molecule is N#Cc1cc(N2CCCC2)nc2ccc(Cl)cc12. The van der Waals surface area contributed by atoms with E-state index in [-0.39, 0.29) is 0 Å². The van der Waals surface area contributed by atoms with Gasteiger partial charge < -0.3 is 4.90 Å². The van der Waals surface area contributed by atoms with E-state index < -0.39 is 0 Å². The maximum atomic E-state index is 9.25. The number of benzene rings is 1. The zero-order valence-electron chi connectivity index (χ0n) is 9.86. The van der Waals surface area contributed by atoms with Gasteiger partial charge in [0.1, 0.15) is 5.82 Å². The molecule has 0 bridgehead atoms. The van der Waals surface area contributed by atoms with E-state index in [0.717, 1.165) is 29.8 Å². The lowest BCUT2D eigenvalue weighted by Crippen LogP contribution is -2.19. The summed E-state index contributed by atoms with van der Waals surface area (Å²) in [5.41, 5.74) is 1.48. The van der Waals surface area contributed by atoms with Crippen LogP contribution in [0.5, 0.6) is 0 Å². The van der Waals surface area contributed by atoms with Gasteiger partial charge in [-0.25, -0.2) is 4.98 Å². The highest BCUT2D eigenvalue weighted by atomic mass is 35.5. The molecule has 1 fully saturated rings. The molecule has 2 heterocycles. The quantitative estimate of drug-likeness (QED) is 0.786. The van der Waals surface area contributed by atoms with Gasteiger partial charge in [-0.05, 0) is 37.1 Å². The monoisotopic (exact) mass is 257 g/mol. The van der Waals surface area contributed by atoms with Gasteiger partial charge in [0.2, 0.25) is 0 Å². The molecule has 0 amide bonds. The Kier molecular flexibility index (Phi) is 2.81. The molecule has 2 aromatic rings. The van der Waals surface area contributed by atoms with E-state index in [9.17, 15) is 5.26 Å². The highest BCUT2D eigenvalue weighted by Gasteiger charge is 2.15. The van der Waals surface area contributed by atoms with Gasteiger partial charge in [0.15, 0.2) is 0 Å². The lowest BCUT2D eigenvalue weighted by molar-refractivity contribution is 0.943. The number of hydrogen-bond acceptors (Lipinski definition) is 3. The summed E-state index contributed by atoms with van der Waals surface area (Å²) in [5, 5.41) is 10.7. The molecule has 3 rings (SSSR count). The van der Waals surface area contributed by atoms with Crippen LogP contribution in [0.25, 0.3) is 10.9 Å². The molecule has 90 valence electrons. The molecule has 0 N–H and O–H groups in total. The minimum atomic E-state index is 0.634. The van der Waals surface area contributed by atoms with Crippen molar-refractivity contribution in [3.05, 3.63) is 34.9 Å². The first-order valence-electron chi connectivity index (χ1n) is 6.03. The Balaban J connectivity index is 2.19. The Morgan fingerprint density at radius 1 is 1.22 bits per heavy atom. The first kappa shape index (κ1) is 11.3. The minimum Gasteiger partial charge on any atom is -0.357 e. The summed E-state index contributed by atoms with van der Waals surface area (Å²) in [6, 6.07) is 9.59. The first-order chi connectivity index (χ1) is 8.78. The number of nitriles is 1. The second-order valence-electron chi connectivity index (χ2n) is 4.50. The first-order valence-corrected chi connectivity index (χ1v) is 6.41. The Bertz CT molecular complexity index is 639. The van der Waals surface area contributed by atoms with Crippen LogP contribution >= 0.6 is 11.6 Å². The van der Waals surface area contributed by atoms with Gasteiger partial charge in [-0.2, -0.15) is 5.26 Å². The van der Waals surface area contributed by atoms with Crippen LogP contribution in [0.3, 0.4) is 0 Å². The molecule has 0 unspecified atom stereocenters. The van der Waals surface area contributed by atoms with Crippen LogP contribution < -0.4 is 4.90 Å². The smallest absolute Gasteiger partial charge is 0.130 e. The molecule has 0 saturated carbocycles. The van der Waals surface area contributed by atoms with Crippen molar-refractivity contribution in [2.75, 3.05) is 18.0 Å². The molecule has 18 heavy (non-hydrogen) atoms. The van der Waals surface area contributed by atoms with Crippen LogP contribution in [-0.2, 0) is 0 Å². The van der Waals surface area contributed by atoms with Crippen LogP contribution in [-0.4, -0.2) is 18.1 Å². The van der Waals surface area contributed by atoms with E-state index in [1.807, 2.05) is 18.2 Å². The second-order valence-corrected chi connectivity index (χ2v) is 4.93. The third kappa shape index (κ3) is 1.89. The second kappa shape index (κ2) is 4.47. The number of nitrogens with zero attached hydrogens (tertiary/aromatic N) is 3. The van der Waals surface area contributed by atoms with E-state index >= 15 is 0 Å². The van der Waals surface area contributed by atoms with Crippen molar-refractivity contribution < 1.29 is 0 Å². The summed E-state index contributed by atoms with van der Waals surface area (Å²) < 4.78 is 0. The topological polar surface area (TPSA) is 39.9 Å². The number of anilines is 1. The molecule has 0 radical (unpaired) electrons. The average molecular weight is 258 g/mol. The average Bonchev–Trinajstić information content (AvgIpc) is 2.91. The maximum Gasteiger partial charge on any atom is 0.130 e. The van der Waals surface area contributed by atoms with Crippen molar-refractivity contribution >= 4 is 28.3 Å². The molecule has 1 aliphatic heterocycles. The van der Waals surface area contributed by atoms with Crippen molar-refractivity contribution in [3.8, 4) is 6.07 Å². The molecular formula is C14H12ClN3. The van der Waals surface area contributed by atoms with E-state index in [4.69, 9.17) is 11.6 Å². The van der Waals surface area contributed by atoms with E-state index in [2.05, 4.69) is 16.0 Å². The molecule has 0 atom stereocenters. The molecule has 4 heteroatoms. The van der Waals surface area contributed by atoms with Crippen molar-refractivity contribution in [1.82, 2.24) is 4.98 Å². The number of rotatable bonds is 1. The van der Waals surface area contributed by atoms with Gasteiger partial charge in [-0.15, -0.1) is 0 Å². The molecular weight excluding hydrogens is 246 g/mol. The van der Waals surface area contributed by atoms with Crippen molar-refractivity contribution in [2.45, 2.75) is 12.8 Å². The number of fused-ring (bicyclic) bond motifs is 1. The van der Waals surface area contributed by atoms with Gasteiger partial charge in [0, 0.05) is 23.5 Å². The van der Waals surface area contributed by atoms with Crippen LogP contribution in [0, 0.1) is 11.3 Å². The lowest BCUT2D eigenvalue weighted by atomic mass is 10.1. The van der Waals surface area contributed by atoms with Crippen molar-refractivity contribution in [2.24, 2.45) is 0 Å². The summed E-state index contributed by atoms with van der Waals surface area (Å²) in [5.74, 6) is 0.902. The molecule has 3 nitrogen and oxygen atoms in total. The predicted octanol–water partition coefficient (Wildman–Crippen LogP) is 3.36. The number of aromatic nitrogens is 1. The lowest BCUT2D eigenvalue weighted by Gasteiger charge is -2.17. The van der Waals surface area contributed by atoms with Crippen LogP contribution in [0.2, 0.25) is 5.02 Å².